The Kier molecular flexibility index (Phi) is 2.30. The standard InChI is InChI=1S/C13H9N3O2S2/c14-20(17,18)8-5-9-13-12(6-8)19-11-4-2-1-3-10(11)16(13)7-15-9/h1-7H,(H2,14,17,18). The Balaban J connectivity index is 2.11. The molecule has 0 aliphatic carbocycles. The zero-order valence-corrected chi connectivity index (χ0v) is 11.8. The molecule has 0 fully saturated rings. The van der Waals surface area contributed by atoms with E-state index in [1.807, 2.05) is 28.8 Å². The molecule has 0 unspecified atom stereocenters. The lowest BCUT2D eigenvalue weighted by molar-refractivity contribution is 0.597. The summed E-state index contributed by atoms with van der Waals surface area (Å²) in [6, 6.07) is 11.1. The van der Waals surface area contributed by atoms with Crippen LogP contribution in [0.5, 0.6) is 0 Å². The van der Waals surface area contributed by atoms with Crippen molar-refractivity contribution in [1.82, 2.24) is 9.55 Å². The van der Waals surface area contributed by atoms with Crippen molar-refractivity contribution < 1.29 is 8.42 Å². The van der Waals surface area contributed by atoms with Gasteiger partial charge in [-0.15, -0.1) is 0 Å². The van der Waals surface area contributed by atoms with Crippen LogP contribution >= 0.6 is 11.8 Å². The number of fused-ring (bicyclic) bond motifs is 2. The monoisotopic (exact) mass is 303 g/mol. The maximum atomic E-state index is 11.5. The minimum absolute atomic E-state index is 0.0946. The van der Waals surface area contributed by atoms with Gasteiger partial charge in [-0.3, -0.25) is 4.57 Å². The molecule has 0 saturated carbocycles. The number of hydrogen-bond donors (Lipinski definition) is 1. The van der Waals surface area contributed by atoms with Crippen LogP contribution in [-0.4, -0.2) is 18.0 Å². The van der Waals surface area contributed by atoms with E-state index in [9.17, 15) is 8.42 Å². The number of primary sulfonamides is 1. The Morgan fingerprint density at radius 3 is 2.75 bits per heavy atom. The lowest BCUT2D eigenvalue weighted by Gasteiger charge is -2.18. The van der Waals surface area contributed by atoms with E-state index < -0.39 is 10.0 Å². The van der Waals surface area contributed by atoms with Crippen molar-refractivity contribution in [1.29, 1.82) is 0 Å². The smallest absolute Gasteiger partial charge is 0.238 e. The first kappa shape index (κ1) is 12.0. The van der Waals surface area contributed by atoms with Gasteiger partial charge in [-0.25, -0.2) is 18.5 Å². The summed E-state index contributed by atoms with van der Waals surface area (Å²) in [6.07, 6.45) is 1.71. The van der Waals surface area contributed by atoms with Gasteiger partial charge in [0.05, 0.1) is 21.6 Å². The number of sulfonamides is 1. The first-order valence-corrected chi connectivity index (χ1v) is 8.21. The lowest BCUT2D eigenvalue weighted by atomic mass is 10.2. The van der Waals surface area contributed by atoms with Crippen molar-refractivity contribution >= 4 is 32.8 Å². The molecule has 2 heterocycles. The molecule has 7 heteroatoms. The summed E-state index contributed by atoms with van der Waals surface area (Å²) in [7, 11) is -3.73. The van der Waals surface area contributed by atoms with E-state index in [2.05, 4.69) is 4.98 Å². The van der Waals surface area contributed by atoms with Gasteiger partial charge in [0.1, 0.15) is 6.33 Å². The summed E-state index contributed by atoms with van der Waals surface area (Å²) >= 11 is 1.53. The molecule has 0 spiro atoms. The highest BCUT2D eigenvalue weighted by atomic mass is 32.2. The first-order chi connectivity index (χ1) is 9.54. The first-order valence-electron chi connectivity index (χ1n) is 5.85. The maximum absolute atomic E-state index is 11.5. The van der Waals surface area contributed by atoms with Crippen LogP contribution in [0.1, 0.15) is 0 Å². The fraction of sp³-hybridized carbons (Fsp3) is 0. The predicted molar refractivity (Wildman–Crippen MR) is 76.6 cm³/mol. The zero-order chi connectivity index (χ0) is 13.9. The average Bonchev–Trinajstić information content (AvgIpc) is 2.83. The minimum Gasteiger partial charge on any atom is -0.297 e. The number of rotatable bonds is 1. The number of aromatic nitrogens is 2. The van der Waals surface area contributed by atoms with Crippen molar-refractivity contribution in [2.24, 2.45) is 5.14 Å². The summed E-state index contributed by atoms with van der Waals surface area (Å²) in [5.41, 5.74) is 2.60. The fourth-order valence-electron chi connectivity index (χ4n) is 2.37. The maximum Gasteiger partial charge on any atom is 0.238 e. The molecule has 100 valence electrons. The van der Waals surface area contributed by atoms with Gasteiger partial charge < -0.3 is 0 Å². The van der Waals surface area contributed by atoms with E-state index in [1.165, 1.54) is 17.8 Å². The molecule has 2 N–H and O–H groups in total. The summed E-state index contributed by atoms with van der Waals surface area (Å²) in [5, 5.41) is 5.22. The quantitative estimate of drug-likeness (QED) is 0.584. The van der Waals surface area contributed by atoms with Gasteiger partial charge in [-0.2, -0.15) is 0 Å². The van der Waals surface area contributed by atoms with E-state index in [4.69, 9.17) is 5.14 Å². The van der Waals surface area contributed by atoms with Crippen molar-refractivity contribution in [2.45, 2.75) is 14.7 Å². The molecule has 0 amide bonds. The van der Waals surface area contributed by atoms with E-state index in [-0.39, 0.29) is 4.90 Å². The molecule has 5 nitrogen and oxygen atoms in total. The Morgan fingerprint density at radius 1 is 1.15 bits per heavy atom. The van der Waals surface area contributed by atoms with Gasteiger partial charge in [0, 0.05) is 9.79 Å². The predicted octanol–water partition coefficient (Wildman–Crippen LogP) is 2.14. The van der Waals surface area contributed by atoms with Gasteiger partial charge >= 0.3 is 0 Å². The van der Waals surface area contributed by atoms with Crippen LogP contribution in [0.4, 0.5) is 0 Å². The largest absolute Gasteiger partial charge is 0.297 e. The molecule has 4 rings (SSSR count). The molecule has 0 saturated heterocycles. The van der Waals surface area contributed by atoms with E-state index >= 15 is 0 Å². The normalized spacial score (nSPS) is 13.4. The summed E-state index contributed by atoms with van der Waals surface area (Å²) < 4.78 is 25.1. The second kappa shape index (κ2) is 3.85. The van der Waals surface area contributed by atoms with E-state index in [0.717, 1.165) is 21.0 Å². The highest BCUT2D eigenvalue weighted by Crippen LogP contribution is 2.43. The van der Waals surface area contributed by atoms with Crippen LogP contribution in [0.3, 0.4) is 0 Å². The van der Waals surface area contributed by atoms with E-state index in [1.54, 1.807) is 12.4 Å². The van der Waals surface area contributed by atoms with Crippen molar-refractivity contribution in [3.63, 3.8) is 0 Å². The molecule has 0 atom stereocenters. The van der Waals surface area contributed by atoms with E-state index in [0.29, 0.717) is 5.52 Å². The molecular formula is C13H9N3O2S2. The zero-order valence-electron chi connectivity index (χ0n) is 10.1. The Labute approximate surface area is 119 Å². The summed E-state index contributed by atoms with van der Waals surface area (Å²) in [5.74, 6) is 0. The van der Waals surface area contributed by atoms with Crippen LogP contribution in [0.15, 0.2) is 57.4 Å². The van der Waals surface area contributed by atoms with Crippen molar-refractivity contribution in [3.8, 4) is 5.69 Å². The topological polar surface area (TPSA) is 78.0 Å². The third-order valence-electron chi connectivity index (χ3n) is 3.25. The molecule has 3 aromatic rings. The lowest BCUT2D eigenvalue weighted by Crippen LogP contribution is -2.12. The summed E-state index contributed by atoms with van der Waals surface area (Å²) in [6.45, 7) is 0. The number of nitrogens with two attached hydrogens (primary N) is 1. The molecule has 20 heavy (non-hydrogen) atoms. The molecule has 1 aromatic heterocycles. The van der Waals surface area contributed by atoms with Crippen LogP contribution < -0.4 is 5.14 Å². The fourth-order valence-corrected chi connectivity index (χ4v) is 4.15. The number of hydrogen-bond acceptors (Lipinski definition) is 4. The molecule has 1 aliphatic heterocycles. The van der Waals surface area contributed by atoms with Crippen LogP contribution in [0, 0.1) is 0 Å². The SMILES string of the molecule is NS(=O)(=O)c1cc2c3c(c1)ncn3-c1ccccc1S2. The number of benzene rings is 2. The van der Waals surface area contributed by atoms with Gasteiger partial charge in [0.25, 0.3) is 0 Å². The number of nitrogens with zero attached hydrogens (tertiary/aromatic N) is 2. The van der Waals surface area contributed by atoms with Crippen LogP contribution in [-0.2, 0) is 10.0 Å². The van der Waals surface area contributed by atoms with Gasteiger partial charge in [0.15, 0.2) is 0 Å². The third kappa shape index (κ3) is 1.60. The van der Waals surface area contributed by atoms with Crippen LogP contribution in [0.25, 0.3) is 16.7 Å². The molecule has 2 aromatic carbocycles. The van der Waals surface area contributed by atoms with Gasteiger partial charge in [-0.05, 0) is 24.3 Å². The van der Waals surface area contributed by atoms with Crippen molar-refractivity contribution in [2.75, 3.05) is 0 Å². The highest BCUT2D eigenvalue weighted by molar-refractivity contribution is 7.99. The Hall–Kier alpha value is -1.83. The molecule has 0 bridgehead atoms. The van der Waals surface area contributed by atoms with Gasteiger partial charge in [0.2, 0.25) is 10.0 Å². The average molecular weight is 303 g/mol. The third-order valence-corrected chi connectivity index (χ3v) is 5.24. The minimum atomic E-state index is -3.73. The molecule has 1 aliphatic rings. The highest BCUT2D eigenvalue weighted by Gasteiger charge is 2.22. The molecule has 0 radical (unpaired) electrons. The second-order valence-electron chi connectivity index (χ2n) is 4.52. The van der Waals surface area contributed by atoms with Gasteiger partial charge in [-0.1, -0.05) is 23.9 Å². The Morgan fingerprint density at radius 2 is 1.95 bits per heavy atom. The number of para-hydroxylation sites is 1. The summed E-state index contributed by atoms with van der Waals surface area (Å²) in [4.78, 5) is 6.30. The second-order valence-corrected chi connectivity index (χ2v) is 7.16. The Bertz CT molecular complexity index is 961. The molecular weight excluding hydrogens is 294 g/mol. The van der Waals surface area contributed by atoms with Crippen molar-refractivity contribution in [3.05, 3.63) is 42.7 Å². The van der Waals surface area contributed by atoms with Crippen LogP contribution in [0.2, 0.25) is 0 Å². The number of imidazole rings is 1.